The quantitative estimate of drug-likeness (QED) is 0.580. The molecule has 5 nitrogen and oxygen atoms in total. The van der Waals surface area contributed by atoms with E-state index in [0.29, 0.717) is 6.61 Å². The van der Waals surface area contributed by atoms with Gasteiger partial charge in [0.15, 0.2) is 0 Å². The number of phosphoric acid groups is 1. The summed E-state index contributed by atoms with van der Waals surface area (Å²) in [5, 5.41) is 0. The third-order valence-electron chi connectivity index (χ3n) is 1.74. The fraction of sp³-hybridized carbons (Fsp3) is 1.00. The molecule has 0 bridgehead atoms. The Morgan fingerprint density at radius 2 is 1.93 bits per heavy atom. The minimum Gasteiger partial charge on any atom is -0.756 e. The molecule has 0 spiro atoms. The lowest BCUT2D eigenvalue weighted by molar-refractivity contribution is -0.226. The van der Waals surface area contributed by atoms with E-state index in [1.165, 1.54) is 0 Å². The van der Waals surface area contributed by atoms with E-state index in [1.807, 2.05) is 6.92 Å². The van der Waals surface area contributed by atoms with Crippen LogP contribution in [0, 0.1) is 5.92 Å². The van der Waals surface area contributed by atoms with Crippen molar-refractivity contribution in [2.24, 2.45) is 5.92 Å². The molecule has 0 aromatic heterocycles. The molecule has 2 unspecified atom stereocenters. The number of phosphoric ester groups is 1. The first-order valence-corrected chi connectivity index (χ1v) is 6.10. The Kier molecular flexibility index (Phi) is 7.41. The first-order valence-electron chi connectivity index (χ1n) is 4.64. The number of methoxy groups -OCH3 is 1. The zero-order valence-corrected chi connectivity index (χ0v) is 9.79. The van der Waals surface area contributed by atoms with Gasteiger partial charge in [-0.15, -0.1) is 0 Å². The highest BCUT2D eigenvalue weighted by Crippen LogP contribution is 2.38. The molecule has 0 rings (SSSR count). The molecule has 0 heterocycles. The van der Waals surface area contributed by atoms with Gasteiger partial charge in [-0.25, -0.2) is 0 Å². The standard InChI is InChI=1S/C8H19O5P/c1-4-8(6-11-3)7-13-14(9,10)12-5-2/h8H,4-7H2,1-3H3,(H,9,10)/p-1. The molecule has 0 aromatic carbocycles. The molecule has 0 saturated heterocycles. The van der Waals surface area contributed by atoms with Crippen LogP contribution in [0.15, 0.2) is 0 Å². The van der Waals surface area contributed by atoms with Gasteiger partial charge in [0.25, 0.3) is 7.82 Å². The summed E-state index contributed by atoms with van der Waals surface area (Å²) in [4.78, 5) is 11.0. The SMILES string of the molecule is CCOP(=O)([O-])OCC(CC)COC. The molecule has 86 valence electrons. The van der Waals surface area contributed by atoms with Crippen LogP contribution < -0.4 is 4.89 Å². The Labute approximate surface area is 85.0 Å². The summed E-state index contributed by atoms with van der Waals surface area (Å²) in [7, 11) is -2.52. The Morgan fingerprint density at radius 1 is 1.29 bits per heavy atom. The molecular weight excluding hydrogens is 207 g/mol. The highest BCUT2D eigenvalue weighted by Gasteiger charge is 2.12. The third kappa shape index (κ3) is 6.51. The van der Waals surface area contributed by atoms with E-state index in [2.05, 4.69) is 9.05 Å². The summed E-state index contributed by atoms with van der Waals surface area (Å²) in [6.07, 6.45) is 0.806. The second-order valence-electron chi connectivity index (χ2n) is 2.89. The lowest BCUT2D eigenvalue weighted by Gasteiger charge is -2.24. The molecule has 6 heteroatoms. The predicted octanol–water partition coefficient (Wildman–Crippen LogP) is 1.18. The van der Waals surface area contributed by atoms with Crippen molar-refractivity contribution in [3.63, 3.8) is 0 Å². The van der Waals surface area contributed by atoms with Crippen LogP contribution in [0.3, 0.4) is 0 Å². The van der Waals surface area contributed by atoms with Crippen LogP contribution in [0.25, 0.3) is 0 Å². The summed E-state index contributed by atoms with van der Waals surface area (Å²) >= 11 is 0. The fourth-order valence-electron chi connectivity index (χ4n) is 0.912. The fourth-order valence-corrected chi connectivity index (χ4v) is 1.70. The third-order valence-corrected chi connectivity index (χ3v) is 2.78. The second-order valence-corrected chi connectivity index (χ2v) is 4.30. The maximum absolute atomic E-state index is 11.0. The molecule has 0 aliphatic rings. The van der Waals surface area contributed by atoms with Gasteiger partial charge in [0.1, 0.15) is 0 Å². The molecule has 0 saturated carbocycles. The molecular formula is C8H18O5P-. The van der Waals surface area contributed by atoms with Crippen LogP contribution in [0.2, 0.25) is 0 Å². The summed E-state index contributed by atoms with van der Waals surface area (Å²) < 4.78 is 25.0. The molecule has 0 aliphatic heterocycles. The van der Waals surface area contributed by atoms with Crippen molar-refractivity contribution < 1.29 is 23.2 Å². The first kappa shape index (κ1) is 14.1. The molecule has 0 N–H and O–H groups in total. The van der Waals surface area contributed by atoms with E-state index in [1.54, 1.807) is 14.0 Å². The van der Waals surface area contributed by atoms with Crippen LogP contribution in [-0.2, 0) is 18.3 Å². The van der Waals surface area contributed by atoms with Crippen molar-refractivity contribution in [2.45, 2.75) is 20.3 Å². The molecule has 0 fully saturated rings. The van der Waals surface area contributed by atoms with E-state index >= 15 is 0 Å². The zero-order chi connectivity index (χ0) is 11.0. The van der Waals surface area contributed by atoms with Gasteiger partial charge >= 0.3 is 0 Å². The number of hydrogen-bond donors (Lipinski definition) is 0. The summed E-state index contributed by atoms with van der Waals surface area (Å²) in [5.74, 6) is 0.0859. The smallest absolute Gasteiger partial charge is 0.267 e. The zero-order valence-electron chi connectivity index (χ0n) is 8.89. The Hall–Kier alpha value is 0.0700. The van der Waals surface area contributed by atoms with Crippen molar-refractivity contribution in [2.75, 3.05) is 26.9 Å². The molecule has 2 atom stereocenters. The first-order chi connectivity index (χ1) is 6.55. The van der Waals surface area contributed by atoms with Gasteiger partial charge in [-0.05, 0) is 13.3 Å². The average molecular weight is 225 g/mol. The monoisotopic (exact) mass is 225 g/mol. The number of rotatable bonds is 8. The average Bonchev–Trinajstić information content (AvgIpc) is 2.12. The van der Waals surface area contributed by atoms with E-state index in [0.717, 1.165) is 6.42 Å². The van der Waals surface area contributed by atoms with Gasteiger partial charge in [-0.3, -0.25) is 4.57 Å². The van der Waals surface area contributed by atoms with Gasteiger partial charge in [-0.1, -0.05) is 6.92 Å². The normalized spacial score (nSPS) is 17.7. The Balaban J connectivity index is 3.83. The summed E-state index contributed by atoms with van der Waals surface area (Å²) in [6, 6.07) is 0. The van der Waals surface area contributed by atoms with Crippen LogP contribution in [0.1, 0.15) is 20.3 Å². The van der Waals surface area contributed by atoms with E-state index in [9.17, 15) is 9.46 Å². The summed E-state index contributed by atoms with van der Waals surface area (Å²) in [6.45, 7) is 4.25. The molecule has 0 radical (unpaired) electrons. The van der Waals surface area contributed by atoms with Crippen molar-refractivity contribution in [3.05, 3.63) is 0 Å². The van der Waals surface area contributed by atoms with Crippen molar-refractivity contribution in [3.8, 4) is 0 Å². The minimum atomic E-state index is -4.09. The Bertz CT molecular complexity index is 185. The van der Waals surface area contributed by atoms with Crippen LogP contribution >= 0.6 is 7.82 Å². The number of ether oxygens (including phenoxy) is 1. The molecule has 14 heavy (non-hydrogen) atoms. The molecule has 0 aromatic rings. The Morgan fingerprint density at radius 3 is 2.36 bits per heavy atom. The van der Waals surface area contributed by atoms with Gasteiger partial charge in [0, 0.05) is 13.0 Å². The van der Waals surface area contributed by atoms with Crippen LogP contribution in [0.4, 0.5) is 0 Å². The lowest BCUT2D eigenvalue weighted by Crippen LogP contribution is -2.17. The van der Waals surface area contributed by atoms with Crippen LogP contribution in [-0.4, -0.2) is 26.9 Å². The van der Waals surface area contributed by atoms with Gasteiger partial charge in [0.2, 0.25) is 0 Å². The maximum atomic E-state index is 11.0. The highest BCUT2D eigenvalue weighted by molar-refractivity contribution is 7.45. The lowest BCUT2D eigenvalue weighted by atomic mass is 10.1. The largest absolute Gasteiger partial charge is 0.756 e. The van der Waals surface area contributed by atoms with Gasteiger partial charge in [0.05, 0.1) is 19.8 Å². The molecule has 0 aliphatic carbocycles. The van der Waals surface area contributed by atoms with Crippen LogP contribution in [0.5, 0.6) is 0 Å². The minimum absolute atomic E-state index is 0.0859. The van der Waals surface area contributed by atoms with Crippen molar-refractivity contribution >= 4 is 7.82 Å². The van der Waals surface area contributed by atoms with Gasteiger partial charge < -0.3 is 18.7 Å². The molecule has 0 amide bonds. The maximum Gasteiger partial charge on any atom is 0.267 e. The van der Waals surface area contributed by atoms with E-state index in [-0.39, 0.29) is 19.1 Å². The number of hydrogen-bond acceptors (Lipinski definition) is 5. The second kappa shape index (κ2) is 7.37. The van der Waals surface area contributed by atoms with Crippen molar-refractivity contribution in [1.82, 2.24) is 0 Å². The summed E-state index contributed by atoms with van der Waals surface area (Å²) in [5.41, 5.74) is 0. The van der Waals surface area contributed by atoms with E-state index < -0.39 is 7.82 Å². The van der Waals surface area contributed by atoms with Crippen molar-refractivity contribution in [1.29, 1.82) is 0 Å². The van der Waals surface area contributed by atoms with Gasteiger partial charge in [-0.2, -0.15) is 0 Å². The van der Waals surface area contributed by atoms with E-state index in [4.69, 9.17) is 4.74 Å². The predicted molar refractivity (Wildman–Crippen MR) is 50.8 cm³/mol. The topological polar surface area (TPSA) is 67.8 Å². The highest BCUT2D eigenvalue weighted by atomic mass is 31.2.